The third-order valence-corrected chi connectivity index (χ3v) is 10.5. The first kappa shape index (κ1) is 51.9. The molecule has 66 heavy (non-hydrogen) atoms. The van der Waals surface area contributed by atoms with Crippen LogP contribution in [-0.4, -0.2) is 48.6 Å². The summed E-state index contributed by atoms with van der Waals surface area (Å²) in [6.07, 6.45) is 16.7. The van der Waals surface area contributed by atoms with Gasteiger partial charge in [0.05, 0.1) is 59.8 Å². The van der Waals surface area contributed by atoms with Gasteiger partial charge in [0.15, 0.2) is 0 Å². The van der Waals surface area contributed by atoms with Crippen LogP contribution in [-0.2, 0) is 0 Å². The Labute approximate surface area is 393 Å². The number of aromatic carboxylic acids is 2. The molecule has 0 radical (unpaired) electrons. The molecular weight excluding hydrogens is 825 g/mol. The fourth-order valence-electron chi connectivity index (χ4n) is 6.77. The number of carboxylic acid groups (broad SMARTS) is 2. The summed E-state index contributed by atoms with van der Waals surface area (Å²) in [5.41, 5.74) is 3.94. The monoisotopic (exact) mass is 890 g/mol. The lowest BCUT2D eigenvalue weighted by molar-refractivity contribution is 0.0686. The molecule has 0 unspecified atom stereocenters. The summed E-state index contributed by atoms with van der Waals surface area (Å²) in [7, 11) is 0. The largest absolute Gasteiger partial charge is 0.492 e. The molecule has 2 N–H and O–H groups in total. The topological polar surface area (TPSA) is 112 Å². The van der Waals surface area contributed by atoms with Gasteiger partial charge in [0.2, 0.25) is 0 Å². The molecule has 0 fully saturated rings. The molecule has 346 valence electrons. The van der Waals surface area contributed by atoms with Gasteiger partial charge in [0, 0.05) is 35.4 Å². The summed E-state index contributed by atoms with van der Waals surface area (Å²) >= 11 is 0. The van der Waals surface area contributed by atoms with Crippen molar-refractivity contribution in [2.75, 3.05) is 26.4 Å². The summed E-state index contributed by atoms with van der Waals surface area (Å²) in [5, 5.41) is 19.1. The van der Waals surface area contributed by atoms with Crippen LogP contribution in [0.25, 0.3) is 0 Å². The van der Waals surface area contributed by atoms with Crippen molar-refractivity contribution >= 4 is 11.9 Å². The predicted molar refractivity (Wildman–Crippen MR) is 264 cm³/mol. The van der Waals surface area contributed by atoms with Crippen LogP contribution in [0.2, 0.25) is 0 Å². The third-order valence-electron chi connectivity index (χ3n) is 10.5. The molecule has 0 aliphatic carbocycles. The summed E-state index contributed by atoms with van der Waals surface area (Å²) in [6, 6.07) is 20.6. The molecule has 0 aliphatic rings. The van der Waals surface area contributed by atoms with E-state index in [1.807, 2.05) is 24.3 Å². The van der Waals surface area contributed by atoms with E-state index in [0.717, 1.165) is 103 Å². The van der Waals surface area contributed by atoms with Crippen molar-refractivity contribution < 1.29 is 38.7 Å². The standard InChI is InChI=1S/C58H66O8/c1-5-9-13-19-35-63-53-43-49(33-31-45-25-23-29-51(39-45)57(59)60)55(65-37-21-15-11-7-3)41-47(53)27-17-18-28-48-42-56(66-38-22-16-12-8-4)50(44-54(48)64-36-20-14-10-6-2)34-32-46-26-24-30-52(40-46)58(61)62/h23-26,29-30,39-44H,5-16,19-22,35-38H2,1-4H3,(H,59,60)(H,61,62). The first-order valence-corrected chi connectivity index (χ1v) is 23.9. The van der Waals surface area contributed by atoms with Crippen LogP contribution in [0.15, 0.2) is 72.8 Å². The smallest absolute Gasteiger partial charge is 0.335 e. The summed E-state index contributed by atoms with van der Waals surface area (Å²) in [4.78, 5) is 23.3. The van der Waals surface area contributed by atoms with E-state index in [2.05, 4.69) is 75.1 Å². The summed E-state index contributed by atoms with van der Waals surface area (Å²) < 4.78 is 25.5. The minimum absolute atomic E-state index is 0.166. The molecular formula is C58H66O8. The molecule has 0 aliphatic heterocycles. The Kier molecular flexibility index (Phi) is 23.9. The number of benzene rings is 4. The highest BCUT2D eigenvalue weighted by atomic mass is 16.5. The van der Waals surface area contributed by atoms with Crippen LogP contribution < -0.4 is 18.9 Å². The van der Waals surface area contributed by atoms with Gasteiger partial charge < -0.3 is 29.2 Å². The number of carbonyl (C=O) groups is 2. The minimum Gasteiger partial charge on any atom is -0.492 e. The normalized spacial score (nSPS) is 10.2. The van der Waals surface area contributed by atoms with Crippen molar-refractivity contribution in [3.63, 3.8) is 0 Å². The summed E-state index contributed by atoms with van der Waals surface area (Å²) in [6.45, 7) is 10.7. The van der Waals surface area contributed by atoms with E-state index in [9.17, 15) is 19.8 Å². The average Bonchev–Trinajstić information content (AvgIpc) is 3.32. The second-order valence-corrected chi connectivity index (χ2v) is 16.1. The number of hydrogen-bond donors (Lipinski definition) is 2. The summed E-state index contributed by atoms with van der Waals surface area (Å²) in [5.74, 6) is 25.6. The maximum atomic E-state index is 11.7. The lowest BCUT2D eigenvalue weighted by Gasteiger charge is -2.14. The molecule has 0 bridgehead atoms. The molecule has 0 atom stereocenters. The van der Waals surface area contributed by atoms with Crippen LogP contribution >= 0.6 is 0 Å². The van der Waals surface area contributed by atoms with Gasteiger partial charge in [0.1, 0.15) is 23.0 Å². The van der Waals surface area contributed by atoms with Crippen LogP contribution in [0.1, 0.15) is 185 Å². The highest BCUT2D eigenvalue weighted by molar-refractivity contribution is 5.88. The van der Waals surface area contributed by atoms with Gasteiger partial charge in [-0.25, -0.2) is 9.59 Å². The van der Waals surface area contributed by atoms with Gasteiger partial charge in [-0.3, -0.25) is 0 Å². The van der Waals surface area contributed by atoms with E-state index in [-0.39, 0.29) is 11.1 Å². The number of unbranched alkanes of at least 4 members (excludes halogenated alkanes) is 12. The van der Waals surface area contributed by atoms with Gasteiger partial charge in [-0.1, -0.05) is 141 Å². The Morgan fingerprint density at radius 1 is 0.394 bits per heavy atom. The van der Waals surface area contributed by atoms with Crippen molar-refractivity contribution in [2.45, 2.75) is 130 Å². The van der Waals surface area contributed by atoms with Crippen LogP contribution in [0.5, 0.6) is 23.0 Å². The zero-order valence-corrected chi connectivity index (χ0v) is 39.4. The molecule has 8 heteroatoms. The molecule has 4 aromatic rings. The van der Waals surface area contributed by atoms with Gasteiger partial charge in [-0.2, -0.15) is 0 Å². The lowest BCUT2D eigenvalue weighted by atomic mass is 10.1. The average molecular weight is 891 g/mol. The fraction of sp³-hybridized carbons (Fsp3) is 0.414. The first-order valence-electron chi connectivity index (χ1n) is 23.9. The number of ether oxygens (including phenoxy) is 4. The maximum absolute atomic E-state index is 11.7. The Balaban J connectivity index is 1.80. The molecule has 0 amide bonds. The van der Waals surface area contributed by atoms with E-state index in [1.54, 1.807) is 48.5 Å². The molecule has 0 aromatic heterocycles. The van der Waals surface area contributed by atoms with Crippen molar-refractivity contribution in [1.82, 2.24) is 0 Å². The molecule has 0 saturated heterocycles. The van der Waals surface area contributed by atoms with E-state index >= 15 is 0 Å². The Morgan fingerprint density at radius 2 is 0.697 bits per heavy atom. The van der Waals surface area contributed by atoms with Gasteiger partial charge >= 0.3 is 11.9 Å². The first-order chi connectivity index (χ1) is 32.3. The Morgan fingerprint density at radius 3 is 0.985 bits per heavy atom. The van der Waals surface area contributed by atoms with Crippen molar-refractivity contribution in [2.24, 2.45) is 0 Å². The molecule has 0 saturated carbocycles. The highest BCUT2D eigenvalue weighted by Crippen LogP contribution is 2.31. The SMILES string of the molecule is CCCCCCOc1cc(C#Cc2cccc(C(=O)O)c2)c(OCCCCCC)cc1C#CC#Cc1cc(OCCCCCC)c(C#Cc2cccc(C(=O)O)c2)cc1OCCCCCC. The number of carboxylic acids is 2. The molecule has 8 nitrogen and oxygen atoms in total. The lowest BCUT2D eigenvalue weighted by Crippen LogP contribution is -2.03. The molecule has 4 aromatic carbocycles. The molecule has 0 spiro atoms. The minimum atomic E-state index is -1.01. The molecule has 4 rings (SSSR count). The second kappa shape index (κ2) is 30.4. The van der Waals surface area contributed by atoms with E-state index in [0.29, 0.717) is 82.8 Å². The van der Waals surface area contributed by atoms with E-state index < -0.39 is 11.9 Å². The van der Waals surface area contributed by atoms with Crippen molar-refractivity contribution in [3.8, 4) is 70.4 Å². The maximum Gasteiger partial charge on any atom is 0.335 e. The Bertz CT molecular complexity index is 2260. The van der Waals surface area contributed by atoms with Gasteiger partial charge in [-0.15, -0.1) is 0 Å². The number of hydrogen-bond acceptors (Lipinski definition) is 6. The predicted octanol–water partition coefficient (Wildman–Crippen LogP) is 13.1. The van der Waals surface area contributed by atoms with Crippen LogP contribution in [0, 0.1) is 47.4 Å². The van der Waals surface area contributed by atoms with Gasteiger partial charge in [0.25, 0.3) is 0 Å². The van der Waals surface area contributed by atoms with Gasteiger partial charge in [-0.05, 0) is 85.8 Å². The zero-order valence-electron chi connectivity index (χ0n) is 39.4. The van der Waals surface area contributed by atoms with Crippen molar-refractivity contribution in [3.05, 3.63) is 117 Å². The van der Waals surface area contributed by atoms with Crippen LogP contribution in [0.4, 0.5) is 0 Å². The second-order valence-electron chi connectivity index (χ2n) is 16.1. The number of rotatable bonds is 26. The van der Waals surface area contributed by atoms with E-state index in [4.69, 9.17) is 18.9 Å². The quantitative estimate of drug-likeness (QED) is 0.0474. The van der Waals surface area contributed by atoms with E-state index in [1.165, 1.54) is 0 Å². The Hall–Kier alpha value is -6.74. The third kappa shape index (κ3) is 18.8. The van der Waals surface area contributed by atoms with Crippen LogP contribution in [0.3, 0.4) is 0 Å². The fourth-order valence-corrected chi connectivity index (χ4v) is 6.77. The van der Waals surface area contributed by atoms with Crippen molar-refractivity contribution in [1.29, 1.82) is 0 Å². The highest BCUT2D eigenvalue weighted by Gasteiger charge is 2.14. The zero-order chi connectivity index (χ0) is 47.2. The molecule has 0 heterocycles.